The van der Waals surface area contributed by atoms with Crippen LogP contribution in [-0.4, -0.2) is 65.6 Å². The van der Waals surface area contributed by atoms with Crippen molar-refractivity contribution in [2.45, 2.75) is 38.5 Å². The molecule has 0 radical (unpaired) electrons. The van der Waals surface area contributed by atoms with E-state index in [1.807, 2.05) is 67.0 Å². The minimum Gasteiger partial charge on any atom is -0.497 e. The summed E-state index contributed by atoms with van der Waals surface area (Å²) in [6, 6.07) is 20.3. The molecule has 2 heterocycles. The molecular weight excluding hydrogens is 596 g/mol. The van der Waals surface area contributed by atoms with Gasteiger partial charge in [0.25, 0.3) is 5.91 Å². The number of hydrogen-bond donors (Lipinski definition) is 3. The number of ether oxygens (including phenoxy) is 1. The number of amides is 2. The summed E-state index contributed by atoms with van der Waals surface area (Å²) in [5, 5.41) is 15.1. The summed E-state index contributed by atoms with van der Waals surface area (Å²) >= 11 is 6.18. The Morgan fingerprint density at radius 3 is 2.50 bits per heavy atom. The number of fused-ring (bicyclic) bond motifs is 3. The third-order valence-corrected chi connectivity index (χ3v) is 8.71. The van der Waals surface area contributed by atoms with Crippen LogP contribution in [0.2, 0.25) is 18.1 Å². The van der Waals surface area contributed by atoms with Crippen molar-refractivity contribution in [3.63, 3.8) is 0 Å². The van der Waals surface area contributed by atoms with Crippen molar-refractivity contribution >= 4 is 37.4 Å². The molecule has 0 spiro atoms. The van der Waals surface area contributed by atoms with E-state index in [0.29, 0.717) is 39.7 Å². The van der Waals surface area contributed by atoms with E-state index >= 15 is 0 Å². The number of aliphatic imine (C=N–C) groups is 1. The average Bonchev–Trinajstić information content (AvgIpc) is 3.31. The third kappa shape index (κ3) is 7.24. The fraction of sp³-hybridized carbons (Fsp3) is 0.281. The molecule has 0 saturated heterocycles. The van der Waals surface area contributed by atoms with Crippen molar-refractivity contribution in [1.82, 2.24) is 25.4 Å². The number of carbonyl (C=O) groups excluding carboxylic acids is 2. The normalized spacial score (nSPS) is 14.1. The minimum absolute atomic E-state index is 0.0250. The molecule has 1 aliphatic heterocycles. The van der Waals surface area contributed by atoms with E-state index in [-0.39, 0.29) is 31.3 Å². The molecule has 228 valence electrons. The zero-order chi connectivity index (χ0) is 31.4. The topological polar surface area (TPSA) is 131 Å². The number of halogens is 1. The second kappa shape index (κ2) is 13.1. The Morgan fingerprint density at radius 2 is 1.77 bits per heavy atom. The predicted molar refractivity (Wildman–Crippen MR) is 172 cm³/mol. The van der Waals surface area contributed by atoms with Gasteiger partial charge in [-0.1, -0.05) is 35.9 Å². The fourth-order valence-corrected chi connectivity index (χ4v) is 6.57. The van der Waals surface area contributed by atoms with Gasteiger partial charge in [0.15, 0.2) is 14.1 Å². The van der Waals surface area contributed by atoms with E-state index in [9.17, 15) is 14.4 Å². The molecule has 12 heteroatoms. The Hall–Kier alpha value is -4.32. The van der Waals surface area contributed by atoms with Crippen LogP contribution < -0.4 is 15.4 Å². The molecule has 5 rings (SSSR count). The first-order chi connectivity index (χ1) is 21.0. The van der Waals surface area contributed by atoms with Crippen LogP contribution in [0.4, 0.5) is 0 Å². The second-order valence-corrected chi connectivity index (χ2v) is 15.7. The molecule has 1 atom stereocenters. The van der Waals surface area contributed by atoms with Crippen LogP contribution in [0, 0.1) is 6.92 Å². The number of nitrogens with zero attached hydrogens (tertiary/aromatic N) is 4. The number of rotatable bonds is 10. The number of benzene rings is 3. The molecule has 1 aromatic heterocycles. The quantitative estimate of drug-likeness (QED) is 0.176. The second-order valence-electron chi connectivity index (χ2n) is 11.3. The molecule has 0 fully saturated rings. The van der Waals surface area contributed by atoms with Crippen molar-refractivity contribution < 1.29 is 19.1 Å². The predicted octanol–water partition coefficient (Wildman–Crippen LogP) is 4.35. The lowest BCUT2D eigenvalue weighted by Gasteiger charge is -2.14. The number of carbonyl (C=O) groups is 2. The van der Waals surface area contributed by atoms with Crippen molar-refractivity contribution in [3.8, 4) is 11.4 Å². The van der Waals surface area contributed by atoms with Crippen LogP contribution in [-0.2, 0) is 10.8 Å². The fourth-order valence-electron chi connectivity index (χ4n) is 5.23. The van der Waals surface area contributed by atoms with E-state index in [4.69, 9.17) is 21.3 Å². The van der Waals surface area contributed by atoms with Gasteiger partial charge in [-0.25, -0.2) is 0 Å². The molecule has 0 aliphatic carbocycles. The molecule has 3 N–H and O–H groups in total. The minimum atomic E-state index is -2.30. The summed E-state index contributed by atoms with van der Waals surface area (Å²) in [4.78, 5) is 41.2. The maximum Gasteiger partial charge on any atom is 0.251 e. The van der Waals surface area contributed by atoms with Crippen LogP contribution in [0.25, 0.3) is 5.69 Å². The zero-order valence-electron chi connectivity index (χ0n) is 25.1. The highest BCUT2D eigenvalue weighted by Gasteiger charge is 2.30. The first kappa shape index (κ1) is 31.1. The van der Waals surface area contributed by atoms with Gasteiger partial charge in [-0.3, -0.25) is 19.1 Å². The standard InChI is InChI=1S/C32H35ClN6O4Si/c1-20-37-38-31-27(18-29(40)34-14-15-35-32(41)23-7-5-6-21(16-23)19-44(3,4)42)36-30(22-8-10-24(33)11-9-22)26-17-25(43-2)12-13-28(26)39(20)31/h5-13,16-17,27,42H,14-15,18-19H2,1-4H3,(H,34,40)(H,35,41). The molecule has 1 aliphatic rings. The van der Waals surface area contributed by atoms with Gasteiger partial charge in [-0.15, -0.1) is 10.2 Å². The Kier molecular flexibility index (Phi) is 9.28. The SMILES string of the molecule is COc1ccc2c(c1)C(c1ccc(Cl)cc1)=NC(CC(=O)NCCNC(=O)c1cccc(C[Si](C)(C)O)c1)c1nnc(C)n1-2. The molecule has 10 nitrogen and oxygen atoms in total. The molecule has 0 bridgehead atoms. The first-order valence-corrected chi connectivity index (χ1v) is 17.9. The molecule has 44 heavy (non-hydrogen) atoms. The Morgan fingerprint density at radius 1 is 1.02 bits per heavy atom. The van der Waals surface area contributed by atoms with Gasteiger partial charge in [0.2, 0.25) is 5.91 Å². The summed E-state index contributed by atoms with van der Waals surface area (Å²) in [7, 11) is -0.690. The van der Waals surface area contributed by atoms with E-state index in [1.54, 1.807) is 31.4 Å². The van der Waals surface area contributed by atoms with Crippen LogP contribution in [0.5, 0.6) is 5.75 Å². The number of hydrogen-bond acceptors (Lipinski definition) is 7. The van der Waals surface area contributed by atoms with Crippen molar-refractivity contribution in [1.29, 1.82) is 0 Å². The monoisotopic (exact) mass is 630 g/mol. The van der Waals surface area contributed by atoms with E-state index in [2.05, 4.69) is 20.8 Å². The highest BCUT2D eigenvalue weighted by Crippen LogP contribution is 2.34. The van der Waals surface area contributed by atoms with Gasteiger partial charge in [0, 0.05) is 34.8 Å². The summed E-state index contributed by atoms with van der Waals surface area (Å²) in [5.74, 6) is 1.41. The lowest BCUT2D eigenvalue weighted by Crippen LogP contribution is -2.35. The van der Waals surface area contributed by atoms with E-state index < -0.39 is 14.4 Å². The van der Waals surface area contributed by atoms with Gasteiger partial charge < -0.3 is 20.2 Å². The highest BCUT2D eigenvalue weighted by molar-refractivity contribution is 6.69. The van der Waals surface area contributed by atoms with Gasteiger partial charge in [-0.05, 0) is 74.1 Å². The van der Waals surface area contributed by atoms with Crippen LogP contribution >= 0.6 is 11.6 Å². The van der Waals surface area contributed by atoms with E-state index in [0.717, 1.165) is 22.4 Å². The van der Waals surface area contributed by atoms with Gasteiger partial charge >= 0.3 is 0 Å². The van der Waals surface area contributed by atoms with Gasteiger partial charge in [0.1, 0.15) is 17.6 Å². The number of aryl methyl sites for hydroxylation is 1. The molecule has 1 unspecified atom stereocenters. The zero-order valence-corrected chi connectivity index (χ0v) is 26.9. The smallest absolute Gasteiger partial charge is 0.251 e. The highest BCUT2D eigenvalue weighted by atomic mass is 35.5. The first-order valence-electron chi connectivity index (χ1n) is 14.3. The number of methoxy groups -OCH3 is 1. The number of nitrogens with one attached hydrogen (secondary N) is 2. The van der Waals surface area contributed by atoms with Crippen molar-refractivity contribution in [2.24, 2.45) is 4.99 Å². The van der Waals surface area contributed by atoms with Crippen molar-refractivity contribution in [2.75, 3.05) is 20.2 Å². The van der Waals surface area contributed by atoms with Gasteiger partial charge in [0.05, 0.1) is 24.9 Å². The molecular formula is C32H35ClN6O4Si. The summed E-state index contributed by atoms with van der Waals surface area (Å²) < 4.78 is 7.45. The van der Waals surface area contributed by atoms with Crippen LogP contribution in [0.15, 0.2) is 71.7 Å². The van der Waals surface area contributed by atoms with Crippen LogP contribution in [0.1, 0.15) is 51.2 Å². The summed E-state index contributed by atoms with van der Waals surface area (Å²) in [6.07, 6.45) is 0.0250. The molecule has 2 amide bonds. The van der Waals surface area contributed by atoms with Crippen molar-refractivity contribution in [3.05, 3.63) is 106 Å². The van der Waals surface area contributed by atoms with E-state index in [1.165, 1.54) is 0 Å². The lowest BCUT2D eigenvalue weighted by atomic mass is 10.00. The summed E-state index contributed by atoms with van der Waals surface area (Å²) in [5.41, 5.74) is 4.60. The Balaban J connectivity index is 1.31. The lowest BCUT2D eigenvalue weighted by molar-refractivity contribution is -0.121. The molecule has 3 aromatic carbocycles. The number of aromatic nitrogens is 3. The largest absolute Gasteiger partial charge is 0.497 e. The molecule has 4 aromatic rings. The average molecular weight is 631 g/mol. The molecule has 0 saturated carbocycles. The van der Waals surface area contributed by atoms with Gasteiger partial charge in [-0.2, -0.15) is 0 Å². The maximum atomic E-state index is 13.2. The Bertz CT molecular complexity index is 1710. The Labute approximate surface area is 262 Å². The third-order valence-electron chi connectivity index (χ3n) is 7.19. The maximum absolute atomic E-state index is 13.2. The summed E-state index contributed by atoms with van der Waals surface area (Å²) in [6.45, 7) is 6.08. The van der Waals surface area contributed by atoms with Crippen LogP contribution in [0.3, 0.4) is 0 Å².